The minimum Gasteiger partial charge on any atom is -0.451 e. The molecular weight excluding hydrogens is 548 g/mol. The lowest BCUT2D eigenvalue weighted by atomic mass is 9.96. The molecule has 0 saturated carbocycles. The van der Waals surface area contributed by atoms with Gasteiger partial charge in [0.2, 0.25) is 0 Å². The van der Waals surface area contributed by atoms with Crippen LogP contribution in [0, 0.1) is 0 Å². The van der Waals surface area contributed by atoms with Crippen molar-refractivity contribution < 1.29 is 4.42 Å². The van der Waals surface area contributed by atoms with Crippen LogP contribution in [0.25, 0.3) is 88.5 Å². The Balaban J connectivity index is 1.33. The van der Waals surface area contributed by atoms with Gasteiger partial charge in [0.25, 0.3) is 0 Å². The van der Waals surface area contributed by atoms with Gasteiger partial charge in [-0.25, -0.2) is 9.97 Å². The summed E-state index contributed by atoms with van der Waals surface area (Å²) >= 11 is 0. The Bertz CT molecular complexity index is 2530. The first-order chi connectivity index (χ1) is 22.3. The van der Waals surface area contributed by atoms with Gasteiger partial charge in [-0.3, -0.25) is 0 Å². The fourth-order valence-corrected chi connectivity index (χ4v) is 6.54. The van der Waals surface area contributed by atoms with Crippen LogP contribution in [0.5, 0.6) is 0 Å². The summed E-state index contributed by atoms with van der Waals surface area (Å²) in [6.45, 7) is 0. The Labute approximate surface area is 260 Å². The van der Waals surface area contributed by atoms with E-state index >= 15 is 0 Å². The summed E-state index contributed by atoms with van der Waals surface area (Å²) in [5.74, 6) is 0.675. The number of nitrogens with zero attached hydrogens (tertiary/aromatic N) is 2. The van der Waals surface area contributed by atoms with Crippen LogP contribution >= 0.6 is 0 Å². The fraction of sp³-hybridized carbons (Fsp3) is 0. The second-order valence-corrected chi connectivity index (χ2v) is 11.4. The van der Waals surface area contributed by atoms with Crippen LogP contribution in [0.2, 0.25) is 0 Å². The van der Waals surface area contributed by atoms with E-state index in [4.69, 9.17) is 14.4 Å². The van der Waals surface area contributed by atoms with Gasteiger partial charge in [-0.2, -0.15) is 0 Å². The van der Waals surface area contributed by atoms with Crippen LogP contribution < -0.4 is 0 Å². The van der Waals surface area contributed by atoms with Crippen molar-refractivity contribution in [1.29, 1.82) is 0 Å². The van der Waals surface area contributed by atoms with Gasteiger partial charge in [0.15, 0.2) is 11.4 Å². The average molecular weight is 575 g/mol. The molecule has 2 aromatic heterocycles. The van der Waals surface area contributed by atoms with Crippen LogP contribution in [-0.4, -0.2) is 9.97 Å². The van der Waals surface area contributed by atoms with Gasteiger partial charge in [-0.15, -0.1) is 0 Å². The molecular formula is C42H26N2O. The molecule has 9 aromatic rings. The van der Waals surface area contributed by atoms with Crippen molar-refractivity contribution in [2.24, 2.45) is 0 Å². The standard InChI is InChI=1S/C42H26N2O/c1-3-13-27(14-4-1)29-17-11-18-30(25-29)31-19-12-20-32(26-31)38-41-39(44-42(43-38)28-15-5-2-6-16-28)37-35-23-9-7-21-33(35)34-22-8-10-24-36(34)40(37)45-41/h1-26H. The maximum absolute atomic E-state index is 6.85. The van der Waals surface area contributed by atoms with Crippen LogP contribution in [0.3, 0.4) is 0 Å². The van der Waals surface area contributed by atoms with Crippen LogP contribution in [0.15, 0.2) is 162 Å². The van der Waals surface area contributed by atoms with E-state index in [1.54, 1.807) is 0 Å². The first-order valence-electron chi connectivity index (χ1n) is 15.2. The van der Waals surface area contributed by atoms with Crippen molar-refractivity contribution >= 4 is 43.6 Å². The van der Waals surface area contributed by atoms with E-state index in [0.29, 0.717) is 11.4 Å². The average Bonchev–Trinajstić information content (AvgIpc) is 3.52. The van der Waals surface area contributed by atoms with Gasteiger partial charge in [-0.05, 0) is 50.5 Å². The van der Waals surface area contributed by atoms with Crippen molar-refractivity contribution in [3.8, 4) is 44.9 Å². The molecule has 3 nitrogen and oxygen atoms in total. The first-order valence-corrected chi connectivity index (χ1v) is 15.2. The normalized spacial score (nSPS) is 11.6. The highest BCUT2D eigenvalue weighted by atomic mass is 16.3. The zero-order chi connectivity index (χ0) is 29.7. The molecule has 0 unspecified atom stereocenters. The van der Waals surface area contributed by atoms with Gasteiger partial charge in [0.05, 0.1) is 5.39 Å². The zero-order valence-electron chi connectivity index (χ0n) is 24.3. The van der Waals surface area contributed by atoms with Gasteiger partial charge in [-0.1, -0.05) is 146 Å². The molecule has 0 fully saturated rings. The summed E-state index contributed by atoms with van der Waals surface area (Å²) in [7, 11) is 0. The highest BCUT2D eigenvalue weighted by Crippen LogP contribution is 2.43. The van der Waals surface area contributed by atoms with E-state index in [1.165, 1.54) is 16.5 Å². The van der Waals surface area contributed by atoms with Crippen molar-refractivity contribution in [1.82, 2.24) is 9.97 Å². The van der Waals surface area contributed by atoms with E-state index in [0.717, 1.165) is 60.6 Å². The Morgan fingerprint density at radius 1 is 0.356 bits per heavy atom. The SMILES string of the molecule is c1ccc(-c2cccc(-c3cccc(-c4nc(-c5ccccc5)nc5c4oc4c6ccccc6c6ccccc6c54)c3)c2)cc1. The fourth-order valence-electron chi connectivity index (χ4n) is 6.54. The number of benzene rings is 7. The maximum Gasteiger partial charge on any atom is 0.180 e. The third-order valence-electron chi connectivity index (χ3n) is 8.66. The first kappa shape index (κ1) is 25.4. The zero-order valence-corrected chi connectivity index (χ0v) is 24.3. The molecule has 2 heterocycles. The lowest BCUT2D eigenvalue weighted by molar-refractivity contribution is 0.671. The Morgan fingerprint density at radius 2 is 0.844 bits per heavy atom. The van der Waals surface area contributed by atoms with Gasteiger partial charge < -0.3 is 4.42 Å². The minimum absolute atomic E-state index is 0.675. The van der Waals surface area contributed by atoms with Crippen molar-refractivity contribution in [3.05, 3.63) is 158 Å². The van der Waals surface area contributed by atoms with Crippen molar-refractivity contribution in [3.63, 3.8) is 0 Å². The summed E-state index contributed by atoms with van der Waals surface area (Å²) in [6, 6.07) is 55.0. The number of hydrogen-bond acceptors (Lipinski definition) is 3. The Morgan fingerprint density at radius 3 is 1.53 bits per heavy atom. The molecule has 45 heavy (non-hydrogen) atoms. The molecule has 0 aliphatic rings. The molecule has 0 saturated heterocycles. The molecule has 0 bridgehead atoms. The summed E-state index contributed by atoms with van der Waals surface area (Å²) < 4.78 is 6.85. The molecule has 0 N–H and O–H groups in total. The number of hydrogen-bond donors (Lipinski definition) is 0. The largest absolute Gasteiger partial charge is 0.451 e. The molecule has 7 aromatic carbocycles. The van der Waals surface area contributed by atoms with Gasteiger partial charge in [0, 0.05) is 16.5 Å². The summed E-state index contributed by atoms with van der Waals surface area (Å²) in [6.07, 6.45) is 0. The summed E-state index contributed by atoms with van der Waals surface area (Å²) in [5, 5.41) is 5.57. The predicted octanol–water partition coefficient (Wildman–Crippen LogP) is 11.4. The second-order valence-electron chi connectivity index (χ2n) is 11.4. The predicted molar refractivity (Wildman–Crippen MR) is 186 cm³/mol. The Hall–Kier alpha value is -6.06. The highest BCUT2D eigenvalue weighted by molar-refractivity contribution is 6.30. The number of aromatic nitrogens is 2. The Kier molecular flexibility index (Phi) is 5.82. The molecule has 9 rings (SSSR count). The van der Waals surface area contributed by atoms with E-state index in [2.05, 4.69) is 133 Å². The molecule has 0 aliphatic carbocycles. The molecule has 0 spiro atoms. The van der Waals surface area contributed by atoms with E-state index in [1.807, 2.05) is 24.3 Å². The van der Waals surface area contributed by atoms with Crippen molar-refractivity contribution in [2.75, 3.05) is 0 Å². The molecule has 3 heteroatoms. The summed E-state index contributed by atoms with van der Waals surface area (Å²) in [5.41, 5.74) is 9.73. The smallest absolute Gasteiger partial charge is 0.180 e. The van der Waals surface area contributed by atoms with Gasteiger partial charge in [0.1, 0.15) is 16.8 Å². The topological polar surface area (TPSA) is 38.9 Å². The number of rotatable bonds is 4. The van der Waals surface area contributed by atoms with E-state index in [-0.39, 0.29) is 0 Å². The number of fused-ring (bicyclic) bond motifs is 8. The second kappa shape index (κ2) is 10.3. The molecule has 210 valence electrons. The highest BCUT2D eigenvalue weighted by Gasteiger charge is 2.22. The molecule has 0 atom stereocenters. The minimum atomic E-state index is 0.675. The van der Waals surface area contributed by atoms with Crippen molar-refractivity contribution in [2.45, 2.75) is 0 Å². The van der Waals surface area contributed by atoms with Gasteiger partial charge >= 0.3 is 0 Å². The molecule has 0 aliphatic heterocycles. The third-order valence-corrected chi connectivity index (χ3v) is 8.66. The molecule has 0 amide bonds. The maximum atomic E-state index is 6.85. The third kappa shape index (κ3) is 4.21. The lowest BCUT2D eigenvalue weighted by Gasteiger charge is -2.10. The van der Waals surface area contributed by atoms with Crippen LogP contribution in [0.4, 0.5) is 0 Å². The van der Waals surface area contributed by atoms with Crippen LogP contribution in [0.1, 0.15) is 0 Å². The monoisotopic (exact) mass is 574 g/mol. The van der Waals surface area contributed by atoms with E-state index in [9.17, 15) is 0 Å². The number of furan rings is 1. The molecule has 0 radical (unpaired) electrons. The van der Waals surface area contributed by atoms with Crippen LogP contribution in [-0.2, 0) is 0 Å². The van der Waals surface area contributed by atoms with E-state index < -0.39 is 0 Å². The quantitative estimate of drug-likeness (QED) is 0.196. The summed E-state index contributed by atoms with van der Waals surface area (Å²) in [4.78, 5) is 10.4. The lowest BCUT2D eigenvalue weighted by Crippen LogP contribution is -1.94.